The smallest absolute Gasteiger partial charge is 0.407 e. The van der Waals surface area contributed by atoms with Gasteiger partial charge in [-0.2, -0.15) is 0 Å². The summed E-state index contributed by atoms with van der Waals surface area (Å²) < 4.78 is 32.7. The Morgan fingerprint density at radius 3 is 2.71 bits per heavy atom. The second-order valence-corrected chi connectivity index (χ2v) is 8.98. The van der Waals surface area contributed by atoms with Crippen molar-refractivity contribution in [3.05, 3.63) is 23.8 Å². The molecule has 1 aromatic carbocycles. The summed E-state index contributed by atoms with van der Waals surface area (Å²) in [6.45, 7) is 5.36. The minimum Gasteiger partial charge on any atom is -0.444 e. The Morgan fingerprint density at radius 2 is 2.00 bits per heavy atom. The van der Waals surface area contributed by atoms with Crippen LogP contribution in [0.25, 0.3) is 10.2 Å². The van der Waals surface area contributed by atoms with Crippen LogP contribution in [0, 0.1) is 17.6 Å². The van der Waals surface area contributed by atoms with Gasteiger partial charge in [-0.25, -0.2) is 18.6 Å². The van der Waals surface area contributed by atoms with Gasteiger partial charge in [0, 0.05) is 18.0 Å². The van der Waals surface area contributed by atoms with Crippen LogP contribution in [0.1, 0.15) is 46.5 Å². The summed E-state index contributed by atoms with van der Waals surface area (Å²) in [6.07, 6.45) is 2.24. The molecule has 2 aromatic rings. The number of rotatable bonds is 3. The van der Waals surface area contributed by atoms with Crippen molar-refractivity contribution in [1.82, 2.24) is 10.3 Å². The summed E-state index contributed by atoms with van der Waals surface area (Å²) in [6, 6.07) is 1.80. The highest BCUT2D eigenvalue weighted by Crippen LogP contribution is 2.31. The van der Waals surface area contributed by atoms with E-state index in [1.807, 2.05) is 0 Å². The van der Waals surface area contributed by atoms with Crippen LogP contribution in [0.5, 0.6) is 0 Å². The van der Waals surface area contributed by atoms with Gasteiger partial charge in [0.25, 0.3) is 0 Å². The number of nitrogens with zero attached hydrogens (tertiary/aromatic N) is 1. The third-order valence-corrected chi connectivity index (χ3v) is 5.33. The number of amides is 2. The van der Waals surface area contributed by atoms with Crippen molar-refractivity contribution < 1.29 is 23.1 Å². The highest BCUT2D eigenvalue weighted by atomic mass is 32.1. The first-order chi connectivity index (χ1) is 13.1. The minimum absolute atomic E-state index is 0.0369. The molecule has 152 valence electrons. The molecule has 0 bridgehead atoms. The van der Waals surface area contributed by atoms with Crippen LogP contribution in [-0.2, 0) is 9.53 Å². The second-order valence-electron chi connectivity index (χ2n) is 7.95. The molecular weight excluding hydrogens is 388 g/mol. The summed E-state index contributed by atoms with van der Waals surface area (Å²) in [7, 11) is 0. The van der Waals surface area contributed by atoms with Crippen molar-refractivity contribution in [2.45, 2.75) is 58.1 Å². The first kappa shape index (κ1) is 20.4. The number of thiazole rings is 1. The molecule has 2 amide bonds. The van der Waals surface area contributed by atoms with Crippen LogP contribution in [0.2, 0.25) is 0 Å². The van der Waals surface area contributed by atoms with E-state index in [4.69, 9.17) is 4.74 Å². The van der Waals surface area contributed by atoms with E-state index in [0.717, 1.165) is 30.2 Å². The molecule has 6 nitrogen and oxygen atoms in total. The fourth-order valence-electron chi connectivity index (χ4n) is 3.25. The summed E-state index contributed by atoms with van der Waals surface area (Å²) >= 11 is 1.02. The van der Waals surface area contributed by atoms with Gasteiger partial charge in [-0.1, -0.05) is 17.8 Å². The Hall–Kier alpha value is -2.29. The molecule has 0 unspecified atom stereocenters. The van der Waals surface area contributed by atoms with E-state index in [9.17, 15) is 18.4 Å². The molecule has 0 radical (unpaired) electrons. The van der Waals surface area contributed by atoms with Crippen molar-refractivity contribution in [1.29, 1.82) is 0 Å². The van der Waals surface area contributed by atoms with Gasteiger partial charge in [0.2, 0.25) is 5.91 Å². The normalized spacial score (nSPS) is 20.0. The number of benzene rings is 1. The number of aromatic nitrogens is 1. The molecule has 0 saturated heterocycles. The van der Waals surface area contributed by atoms with Crippen molar-refractivity contribution in [3.8, 4) is 0 Å². The van der Waals surface area contributed by atoms with Gasteiger partial charge >= 0.3 is 6.09 Å². The number of halogens is 2. The Kier molecular flexibility index (Phi) is 5.83. The summed E-state index contributed by atoms with van der Waals surface area (Å²) in [5.41, 5.74) is -0.549. The maximum absolute atomic E-state index is 13.8. The first-order valence-corrected chi connectivity index (χ1v) is 9.98. The topological polar surface area (TPSA) is 80.3 Å². The third kappa shape index (κ3) is 5.15. The lowest BCUT2D eigenvalue weighted by atomic mass is 9.85. The van der Waals surface area contributed by atoms with Gasteiger partial charge in [0.15, 0.2) is 10.9 Å². The Balaban J connectivity index is 1.61. The molecule has 1 aliphatic carbocycles. The first-order valence-electron chi connectivity index (χ1n) is 9.16. The average molecular weight is 411 g/mol. The van der Waals surface area contributed by atoms with Crippen LogP contribution in [-0.4, -0.2) is 28.6 Å². The van der Waals surface area contributed by atoms with E-state index < -0.39 is 23.3 Å². The van der Waals surface area contributed by atoms with Gasteiger partial charge in [-0.15, -0.1) is 0 Å². The zero-order valence-electron chi connectivity index (χ0n) is 16.0. The maximum Gasteiger partial charge on any atom is 0.407 e. The fourth-order valence-corrected chi connectivity index (χ4v) is 4.16. The number of hydrogen-bond acceptors (Lipinski definition) is 5. The summed E-state index contributed by atoms with van der Waals surface area (Å²) in [4.78, 5) is 28.6. The molecule has 3 rings (SSSR count). The van der Waals surface area contributed by atoms with Crippen LogP contribution in [0.3, 0.4) is 0 Å². The van der Waals surface area contributed by atoms with E-state index in [0.29, 0.717) is 17.5 Å². The van der Waals surface area contributed by atoms with Crippen LogP contribution in [0.15, 0.2) is 12.1 Å². The molecule has 1 aliphatic rings. The van der Waals surface area contributed by atoms with Crippen molar-refractivity contribution in [3.63, 3.8) is 0 Å². The van der Waals surface area contributed by atoms with Crippen LogP contribution < -0.4 is 10.6 Å². The Bertz CT molecular complexity index is 894. The van der Waals surface area contributed by atoms with Gasteiger partial charge in [0.1, 0.15) is 16.9 Å². The largest absolute Gasteiger partial charge is 0.444 e. The van der Waals surface area contributed by atoms with E-state index in [1.165, 1.54) is 6.07 Å². The van der Waals surface area contributed by atoms with Crippen LogP contribution in [0.4, 0.5) is 18.7 Å². The number of ether oxygens (including phenoxy) is 1. The minimum atomic E-state index is -0.758. The zero-order valence-corrected chi connectivity index (χ0v) is 16.8. The average Bonchev–Trinajstić information content (AvgIpc) is 2.95. The SMILES string of the molecule is CC(C)(C)OC(=O)N[C@@H]1CCC[C@H](C(=O)Nc2nc3c(F)cc(F)cc3s2)C1. The monoisotopic (exact) mass is 411 g/mol. The van der Waals surface area contributed by atoms with E-state index in [1.54, 1.807) is 20.8 Å². The number of carbonyl (C=O) groups excluding carboxylic acids is 2. The number of nitrogens with one attached hydrogen (secondary N) is 2. The van der Waals surface area contributed by atoms with Crippen molar-refractivity contribution in [2.75, 3.05) is 5.32 Å². The summed E-state index contributed by atoms with van der Waals surface area (Å²) in [5.74, 6) is -1.99. The number of hydrogen-bond donors (Lipinski definition) is 2. The zero-order chi connectivity index (χ0) is 20.5. The molecular formula is C19H23F2N3O3S. The number of fused-ring (bicyclic) bond motifs is 1. The number of anilines is 1. The third-order valence-electron chi connectivity index (χ3n) is 4.41. The summed E-state index contributed by atoms with van der Waals surface area (Å²) in [5, 5.41) is 5.74. The quantitative estimate of drug-likeness (QED) is 0.774. The maximum atomic E-state index is 13.8. The van der Waals surface area contributed by atoms with Crippen molar-refractivity contribution >= 4 is 38.7 Å². The van der Waals surface area contributed by atoms with Gasteiger partial charge in [-0.05, 0) is 46.1 Å². The second kappa shape index (κ2) is 7.98. The van der Waals surface area contributed by atoms with E-state index in [2.05, 4.69) is 15.6 Å². The van der Waals surface area contributed by atoms with E-state index in [-0.39, 0.29) is 28.5 Å². The molecule has 9 heteroatoms. The lowest BCUT2D eigenvalue weighted by molar-refractivity contribution is -0.121. The fraction of sp³-hybridized carbons (Fsp3) is 0.526. The lowest BCUT2D eigenvalue weighted by Gasteiger charge is -2.29. The predicted molar refractivity (Wildman–Crippen MR) is 103 cm³/mol. The molecule has 2 atom stereocenters. The lowest BCUT2D eigenvalue weighted by Crippen LogP contribution is -2.43. The molecule has 1 heterocycles. The molecule has 1 saturated carbocycles. The standard InChI is InChI=1S/C19H23F2N3O3S/c1-19(2,3)27-18(26)22-12-6-4-5-10(7-12)16(25)24-17-23-15-13(21)8-11(20)9-14(15)28-17/h8-10,12H,4-7H2,1-3H3,(H,22,26)(H,23,24,25)/t10-,12+/m0/s1. The molecule has 0 spiro atoms. The molecule has 1 fully saturated rings. The highest BCUT2D eigenvalue weighted by molar-refractivity contribution is 7.22. The highest BCUT2D eigenvalue weighted by Gasteiger charge is 2.30. The Morgan fingerprint density at radius 1 is 1.25 bits per heavy atom. The van der Waals surface area contributed by atoms with Crippen molar-refractivity contribution in [2.24, 2.45) is 5.92 Å². The van der Waals surface area contributed by atoms with E-state index >= 15 is 0 Å². The van der Waals surface area contributed by atoms with Gasteiger partial charge in [-0.3, -0.25) is 4.79 Å². The number of carbonyl (C=O) groups is 2. The molecule has 2 N–H and O–H groups in total. The van der Waals surface area contributed by atoms with Crippen LogP contribution >= 0.6 is 11.3 Å². The molecule has 0 aliphatic heterocycles. The Labute approximate surface area is 165 Å². The number of alkyl carbamates (subject to hydrolysis) is 1. The predicted octanol–water partition coefficient (Wildman–Crippen LogP) is 4.60. The molecule has 28 heavy (non-hydrogen) atoms. The van der Waals surface area contributed by atoms with Gasteiger partial charge in [0.05, 0.1) is 4.70 Å². The molecule has 1 aromatic heterocycles. The van der Waals surface area contributed by atoms with Gasteiger partial charge < -0.3 is 15.4 Å².